The third-order valence-electron chi connectivity index (χ3n) is 11.5. The summed E-state index contributed by atoms with van der Waals surface area (Å²) in [5, 5.41) is 17.2. The second-order valence-corrected chi connectivity index (χ2v) is 17.1. The highest BCUT2D eigenvalue weighted by atomic mass is 16.4. The molecule has 324 valence electrons. The van der Waals surface area contributed by atoms with Gasteiger partial charge < -0.3 is 10.2 Å². The highest BCUT2D eigenvalue weighted by Gasteiger charge is 2.00. The van der Waals surface area contributed by atoms with Crippen LogP contribution in [-0.2, 0) is 9.59 Å². The first-order valence-corrected chi connectivity index (χ1v) is 25.0. The Morgan fingerprint density at radius 3 is 0.444 bits per heavy atom. The van der Waals surface area contributed by atoms with E-state index in [0.29, 0.717) is 12.8 Å². The maximum absolute atomic E-state index is 10.4. The summed E-state index contributed by atoms with van der Waals surface area (Å²) in [6, 6.07) is 0. The zero-order chi connectivity index (χ0) is 39.7. The van der Waals surface area contributed by atoms with E-state index in [0.717, 1.165) is 25.7 Å². The summed E-state index contributed by atoms with van der Waals surface area (Å²) in [6.45, 7) is 4.58. The molecule has 0 bridgehead atoms. The van der Waals surface area contributed by atoms with Crippen molar-refractivity contribution < 1.29 is 19.8 Å². The normalized spacial score (nSPS) is 11.1. The summed E-state index contributed by atoms with van der Waals surface area (Å²) in [6.07, 6.45) is 61.1. The molecule has 0 fully saturated rings. The fraction of sp³-hybridized carbons (Fsp3) is 0.960. The number of aliphatic carboxylic acids is 2. The molecule has 0 radical (unpaired) electrons. The van der Waals surface area contributed by atoms with Crippen molar-refractivity contribution in [1.82, 2.24) is 0 Å². The van der Waals surface area contributed by atoms with Crippen LogP contribution in [0.5, 0.6) is 0 Å². The molecule has 0 aliphatic heterocycles. The second-order valence-electron chi connectivity index (χ2n) is 17.1. The van der Waals surface area contributed by atoms with Crippen molar-refractivity contribution in [3.05, 3.63) is 0 Å². The van der Waals surface area contributed by atoms with E-state index in [4.69, 9.17) is 10.2 Å². The smallest absolute Gasteiger partial charge is 0.303 e. The fourth-order valence-electron chi connectivity index (χ4n) is 7.77. The maximum Gasteiger partial charge on any atom is 0.303 e. The van der Waals surface area contributed by atoms with Crippen molar-refractivity contribution in [2.45, 2.75) is 309 Å². The number of hydrogen-bond donors (Lipinski definition) is 2. The van der Waals surface area contributed by atoms with Crippen molar-refractivity contribution in [2.24, 2.45) is 0 Å². The summed E-state index contributed by atoms with van der Waals surface area (Å²) >= 11 is 0. The molecule has 0 aromatic heterocycles. The Labute approximate surface area is 340 Å². The Morgan fingerprint density at radius 1 is 0.222 bits per heavy atom. The van der Waals surface area contributed by atoms with Crippen LogP contribution < -0.4 is 0 Å². The Bertz CT molecular complexity index is 692. The van der Waals surface area contributed by atoms with Crippen LogP contribution in [0.25, 0.3) is 0 Å². The van der Waals surface area contributed by atoms with Crippen molar-refractivity contribution in [1.29, 1.82) is 0 Å². The van der Waals surface area contributed by atoms with Gasteiger partial charge in [0.2, 0.25) is 0 Å². The van der Waals surface area contributed by atoms with Crippen molar-refractivity contribution >= 4 is 11.9 Å². The minimum absolute atomic E-state index is 0.346. The molecule has 0 amide bonds. The Morgan fingerprint density at radius 2 is 0.333 bits per heavy atom. The molecular formula is C50H100O4. The predicted octanol–water partition coefficient (Wildman–Crippen LogP) is 18.1. The standard InChI is InChI=1S/C26H52O2.C24H48O2/c1-2-3-4-5-6-7-8-9-10-11-12-13-14-15-16-17-18-19-20-21-22-23-24-25-26(27)28;1-2-3-4-5-6-7-8-9-10-11-12-13-14-15-16-17-18-19-20-21-22-23-24(25)26/h2-25H2,1H3,(H,27,28);2-23H2,1H3,(H,25,26). The summed E-state index contributed by atoms with van der Waals surface area (Å²) in [7, 11) is 0. The molecule has 0 atom stereocenters. The SMILES string of the molecule is CCCCCCCCCCCCCCCCCCCCCCCC(=O)O.CCCCCCCCCCCCCCCCCCCCCCCCCC(=O)O. The van der Waals surface area contributed by atoms with Crippen LogP contribution in [0.15, 0.2) is 0 Å². The number of carboxylic acids is 2. The molecule has 0 aliphatic carbocycles. The zero-order valence-corrected chi connectivity index (χ0v) is 37.2. The highest BCUT2D eigenvalue weighted by molar-refractivity contribution is 5.66. The van der Waals surface area contributed by atoms with Gasteiger partial charge >= 0.3 is 11.9 Å². The minimum atomic E-state index is -0.650. The Kier molecular flexibility index (Phi) is 52.9. The average Bonchev–Trinajstić information content (AvgIpc) is 3.15. The van der Waals surface area contributed by atoms with Gasteiger partial charge in [-0.3, -0.25) is 9.59 Å². The summed E-state index contributed by atoms with van der Waals surface area (Å²) in [5.74, 6) is -1.30. The van der Waals surface area contributed by atoms with E-state index in [1.165, 1.54) is 257 Å². The first kappa shape index (κ1) is 55.0. The molecule has 54 heavy (non-hydrogen) atoms. The van der Waals surface area contributed by atoms with E-state index in [9.17, 15) is 9.59 Å². The average molecular weight is 765 g/mol. The van der Waals surface area contributed by atoms with Gasteiger partial charge in [-0.2, -0.15) is 0 Å². The number of hydrogen-bond acceptors (Lipinski definition) is 2. The van der Waals surface area contributed by atoms with Crippen LogP contribution in [0, 0.1) is 0 Å². The molecular weight excluding hydrogens is 665 g/mol. The van der Waals surface area contributed by atoms with Crippen LogP contribution >= 0.6 is 0 Å². The first-order valence-electron chi connectivity index (χ1n) is 25.0. The molecule has 0 heterocycles. The van der Waals surface area contributed by atoms with Gasteiger partial charge in [0.1, 0.15) is 0 Å². The number of carboxylic acid groups (broad SMARTS) is 2. The summed E-state index contributed by atoms with van der Waals surface area (Å²) in [5.41, 5.74) is 0. The lowest BCUT2D eigenvalue weighted by atomic mass is 10.0. The highest BCUT2D eigenvalue weighted by Crippen LogP contribution is 2.17. The van der Waals surface area contributed by atoms with Crippen LogP contribution in [-0.4, -0.2) is 22.2 Å². The Hall–Kier alpha value is -1.06. The third kappa shape index (κ3) is 57.7. The Balaban J connectivity index is 0. The van der Waals surface area contributed by atoms with Crippen LogP contribution in [0.1, 0.15) is 309 Å². The van der Waals surface area contributed by atoms with Gasteiger partial charge in [0.25, 0.3) is 0 Å². The molecule has 0 spiro atoms. The van der Waals surface area contributed by atoms with Gasteiger partial charge in [-0.1, -0.05) is 284 Å². The van der Waals surface area contributed by atoms with Gasteiger partial charge in [0.15, 0.2) is 0 Å². The van der Waals surface area contributed by atoms with Crippen molar-refractivity contribution in [3.8, 4) is 0 Å². The molecule has 0 unspecified atom stereocenters. The summed E-state index contributed by atoms with van der Waals surface area (Å²) < 4.78 is 0. The minimum Gasteiger partial charge on any atom is -0.481 e. The van der Waals surface area contributed by atoms with Crippen LogP contribution in [0.2, 0.25) is 0 Å². The van der Waals surface area contributed by atoms with Gasteiger partial charge in [-0.25, -0.2) is 0 Å². The van der Waals surface area contributed by atoms with E-state index in [2.05, 4.69) is 13.8 Å². The van der Waals surface area contributed by atoms with Crippen molar-refractivity contribution in [2.75, 3.05) is 0 Å². The predicted molar refractivity (Wildman–Crippen MR) is 239 cm³/mol. The fourth-order valence-corrected chi connectivity index (χ4v) is 7.77. The largest absolute Gasteiger partial charge is 0.481 e. The number of unbranched alkanes of at least 4 members (excludes halogenated alkanes) is 42. The van der Waals surface area contributed by atoms with Gasteiger partial charge in [-0.15, -0.1) is 0 Å². The molecule has 2 N–H and O–H groups in total. The van der Waals surface area contributed by atoms with Gasteiger partial charge in [-0.05, 0) is 12.8 Å². The van der Waals surface area contributed by atoms with Crippen LogP contribution in [0.3, 0.4) is 0 Å². The first-order chi connectivity index (χ1) is 26.5. The molecule has 0 aromatic rings. The molecule has 0 aliphatic rings. The van der Waals surface area contributed by atoms with Crippen molar-refractivity contribution in [3.63, 3.8) is 0 Å². The quantitative estimate of drug-likeness (QED) is 0.0605. The monoisotopic (exact) mass is 765 g/mol. The van der Waals surface area contributed by atoms with Crippen LogP contribution in [0.4, 0.5) is 0 Å². The molecule has 0 saturated heterocycles. The maximum atomic E-state index is 10.4. The zero-order valence-electron chi connectivity index (χ0n) is 37.2. The summed E-state index contributed by atoms with van der Waals surface area (Å²) in [4.78, 5) is 20.8. The van der Waals surface area contributed by atoms with E-state index >= 15 is 0 Å². The van der Waals surface area contributed by atoms with E-state index in [1.54, 1.807) is 0 Å². The van der Waals surface area contributed by atoms with Gasteiger partial charge in [0.05, 0.1) is 0 Å². The number of rotatable bonds is 46. The molecule has 0 aromatic carbocycles. The third-order valence-corrected chi connectivity index (χ3v) is 11.5. The lowest BCUT2D eigenvalue weighted by Gasteiger charge is -2.04. The molecule has 4 nitrogen and oxygen atoms in total. The molecule has 0 saturated carbocycles. The molecule has 0 rings (SSSR count). The van der Waals surface area contributed by atoms with Gasteiger partial charge in [0, 0.05) is 12.8 Å². The lowest BCUT2D eigenvalue weighted by Crippen LogP contribution is -1.93. The topological polar surface area (TPSA) is 74.6 Å². The number of carbonyl (C=O) groups is 2. The van der Waals surface area contributed by atoms with E-state index in [-0.39, 0.29) is 0 Å². The second kappa shape index (κ2) is 51.9. The molecule has 4 heteroatoms. The van der Waals surface area contributed by atoms with E-state index < -0.39 is 11.9 Å². The van der Waals surface area contributed by atoms with E-state index in [1.807, 2.05) is 0 Å². The lowest BCUT2D eigenvalue weighted by molar-refractivity contribution is -0.138.